The van der Waals surface area contributed by atoms with Gasteiger partial charge < -0.3 is 19.6 Å². The van der Waals surface area contributed by atoms with Gasteiger partial charge in [-0.05, 0) is 63.6 Å². The molecule has 2 aliphatic heterocycles. The minimum Gasteiger partial charge on any atom is -0.368 e. The van der Waals surface area contributed by atoms with Crippen molar-refractivity contribution in [3.63, 3.8) is 0 Å². The molecule has 0 aliphatic carbocycles. The number of halogens is 1. The number of carbonyl (C=O) groups is 3. The van der Waals surface area contributed by atoms with E-state index in [0.29, 0.717) is 32.6 Å². The zero-order valence-electron chi connectivity index (χ0n) is 32.7. The Bertz CT molecular complexity index is 1910. The lowest BCUT2D eigenvalue weighted by Gasteiger charge is -2.39. The number of amides is 3. The summed E-state index contributed by atoms with van der Waals surface area (Å²) in [7, 11) is 0. The van der Waals surface area contributed by atoms with E-state index >= 15 is 0 Å². The average molecular weight is 760 g/mol. The summed E-state index contributed by atoms with van der Waals surface area (Å²) in [5.74, 6) is -0.138. The maximum atomic E-state index is 14.7. The highest BCUT2D eigenvalue weighted by Gasteiger charge is 2.34. The Balaban J connectivity index is 1.25. The lowest BCUT2D eigenvalue weighted by Crippen LogP contribution is -2.56. The van der Waals surface area contributed by atoms with Gasteiger partial charge >= 0.3 is 0 Å². The molecule has 9 heteroatoms. The fourth-order valence-electron chi connectivity index (χ4n) is 7.34. The number of hydrogen-bond acceptors (Lipinski definition) is 5. The summed E-state index contributed by atoms with van der Waals surface area (Å²) >= 11 is 6.12. The number of rotatable bonds is 11. The Morgan fingerprint density at radius 3 is 1.91 bits per heavy atom. The van der Waals surface area contributed by atoms with Gasteiger partial charge in [-0.3, -0.25) is 19.3 Å². The summed E-state index contributed by atoms with van der Waals surface area (Å²) < 4.78 is 0. The topological polar surface area (TPSA) is 67.4 Å². The second-order valence-electron chi connectivity index (χ2n) is 15.8. The van der Waals surface area contributed by atoms with Crippen molar-refractivity contribution in [3.8, 4) is 0 Å². The van der Waals surface area contributed by atoms with E-state index in [1.165, 1.54) is 11.1 Å². The normalized spacial score (nSPS) is 16.0. The first-order valence-corrected chi connectivity index (χ1v) is 19.8. The average Bonchev–Trinajstić information content (AvgIpc) is 3.19. The van der Waals surface area contributed by atoms with Crippen LogP contribution in [0.3, 0.4) is 0 Å². The van der Waals surface area contributed by atoms with Crippen molar-refractivity contribution in [2.24, 2.45) is 0 Å². The predicted molar refractivity (Wildman–Crippen MR) is 223 cm³/mol. The Kier molecular flexibility index (Phi) is 13.1. The third kappa shape index (κ3) is 10.9. The number of carbonyl (C=O) groups excluding carboxylic acids is 3. The molecule has 6 rings (SSSR count). The van der Waals surface area contributed by atoms with Crippen molar-refractivity contribution in [1.29, 1.82) is 0 Å². The van der Waals surface area contributed by atoms with Crippen LogP contribution in [0.1, 0.15) is 55.5 Å². The summed E-state index contributed by atoms with van der Waals surface area (Å²) in [5, 5.41) is 0.719. The highest BCUT2D eigenvalue weighted by atomic mass is 35.5. The summed E-state index contributed by atoms with van der Waals surface area (Å²) in [4.78, 5) is 51.3. The maximum absolute atomic E-state index is 14.7. The van der Waals surface area contributed by atoms with Gasteiger partial charge in [0.2, 0.25) is 17.7 Å². The second-order valence-corrected chi connectivity index (χ2v) is 16.2. The third-order valence-corrected chi connectivity index (χ3v) is 11.0. The van der Waals surface area contributed by atoms with E-state index in [4.69, 9.17) is 11.6 Å². The van der Waals surface area contributed by atoms with E-state index in [1.807, 2.05) is 82.6 Å². The van der Waals surface area contributed by atoms with Crippen molar-refractivity contribution >= 4 is 41.1 Å². The largest absolute Gasteiger partial charge is 0.368 e. The second kappa shape index (κ2) is 18.1. The van der Waals surface area contributed by atoms with Crippen molar-refractivity contribution in [2.75, 3.05) is 57.3 Å². The first-order valence-electron chi connectivity index (χ1n) is 19.4. The van der Waals surface area contributed by atoms with Crippen molar-refractivity contribution < 1.29 is 14.4 Å². The number of nitrogens with zero attached hydrogens (tertiary/aromatic N) is 5. The van der Waals surface area contributed by atoms with Gasteiger partial charge in [0.25, 0.3) is 0 Å². The fraction of sp³-hybridized carbons (Fsp3) is 0.370. The molecule has 2 aliphatic rings. The molecule has 2 heterocycles. The molecular formula is C46H54ClN5O3. The van der Waals surface area contributed by atoms with Crippen LogP contribution in [0.5, 0.6) is 0 Å². The van der Waals surface area contributed by atoms with Gasteiger partial charge in [-0.2, -0.15) is 0 Å². The SMILES string of the molecule is CC(=O)N1CCN(c2ccc(CN(C(=O)/C=C/c3ccc(C(C)(C)C)cc3)[C@@H](Cc3ccccc3)C(=O)N3CCN(Cc4ccc(Cl)cc4)CC3)cc2)CC1. The standard InChI is InChI=1S/C46H54ClN5O3/c1-35(53)49-28-30-50(31-29-49)42-21-14-39(15-22-42)34-52(44(54)23-16-36-10-17-40(18-11-36)46(2,3)4)43(32-37-8-6-5-7-9-37)45(55)51-26-24-48(25-27-51)33-38-12-19-41(47)20-13-38/h5-23,43H,24-34H2,1-4H3/b23-16+/t43-/m0/s1. The molecule has 0 N–H and O–H groups in total. The van der Waals surface area contributed by atoms with Crippen molar-refractivity contribution in [1.82, 2.24) is 19.6 Å². The summed E-state index contributed by atoms with van der Waals surface area (Å²) in [6, 6.07) is 33.8. The predicted octanol–water partition coefficient (Wildman–Crippen LogP) is 7.30. The maximum Gasteiger partial charge on any atom is 0.247 e. The van der Waals surface area contributed by atoms with Gasteiger partial charge in [-0.25, -0.2) is 0 Å². The minimum atomic E-state index is -0.704. The Hall–Kier alpha value is -4.92. The molecule has 0 radical (unpaired) electrons. The quantitative estimate of drug-likeness (QED) is 0.150. The van der Waals surface area contributed by atoms with E-state index in [9.17, 15) is 14.4 Å². The highest BCUT2D eigenvalue weighted by Crippen LogP contribution is 2.24. The Morgan fingerprint density at radius 2 is 1.31 bits per heavy atom. The van der Waals surface area contributed by atoms with Gasteiger partial charge in [0.15, 0.2) is 0 Å². The van der Waals surface area contributed by atoms with Gasteiger partial charge in [0.05, 0.1) is 0 Å². The zero-order valence-corrected chi connectivity index (χ0v) is 33.4. The lowest BCUT2D eigenvalue weighted by atomic mass is 9.87. The van der Waals surface area contributed by atoms with E-state index in [1.54, 1.807) is 17.9 Å². The van der Waals surface area contributed by atoms with E-state index in [-0.39, 0.29) is 29.7 Å². The Labute approximate surface area is 332 Å². The molecule has 4 aromatic carbocycles. The van der Waals surface area contributed by atoms with Crippen LogP contribution >= 0.6 is 11.6 Å². The van der Waals surface area contributed by atoms with Crippen LogP contribution in [0, 0.1) is 0 Å². The monoisotopic (exact) mass is 759 g/mol. The lowest BCUT2D eigenvalue weighted by molar-refractivity contribution is -0.145. The molecule has 0 bridgehead atoms. The molecule has 8 nitrogen and oxygen atoms in total. The van der Waals surface area contributed by atoms with Crippen LogP contribution < -0.4 is 4.90 Å². The van der Waals surface area contributed by atoms with Crippen LogP contribution in [-0.2, 0) is 39.3 Å². The van der Waals surface area contributed by atoms with E-state index < -0.39 is 6.04 Å². The zero-order chi connectivity index (χ0) is 39.0. The van der Waals surface area contributed by atoms with Crippen LogP contribution in [0.4, 0.5) is 5.69 Å². The molecule has 55 heavy (non-hydrogen) atoms. The molecule has 0 spiro atoms. The molecular weight excluding hydrogens is 706 g/mol. The Morgan fingerprint density at radius 1 is 0.709 bits per heavy atom. The van der Waals surface area contributed by atoms with Gasteiger partial charge in [-0.15, -0.1) is 0 Å². The fourth-order valence-corrected chi connectivity index (χ4v) is 7.47. The highest BCUT2D eigenvalue weighted by molar-refractivity contribution is 6.30. The van der Waals surface area contributed by atoms with Crippen LogP contribution in [0.25, 0.3) is 6.08 Å². The van der Waals surface area contributed by atoms with Gasteiger partial charge in [0, 0.05) is 95.6 Å². The van der Waals surface area contributed by atoms with E-state index in [2.05, 4.69) is 67.0 Å². The molecule has 0 saturated carbocycles. The smallest absolute Gasteiger partial charge is 0.247 e. The van der Waals surface area contributed by atoms with Gasteiger partial charge in [0.1, 0.15) is 6.04 Å². The number of hydrogen-bond donors (Lipinski definition) is 0. The van der Waals surface area contributed by atoms with Crippen molar-refractivity contribution in [2.45, 2.75) is 58.7 Å². The molecule has 0 unspecified atom stereocenters. The molecule has 1 atom stereocenters. The summed E-state index contributed by atoms with van der Waals surface area (Å²) in [6.07, 6.45) is 3.87. The molecule has 2 saturated heterocycles. The minimum absolute atomic E-state index is 0.0274. The first-order chi connectivity index (χ1) is 26.4. The summed E-state index contributed by atoms with van der Waals surface area (Å²) in [5.41, 5.74) is 6.40. The molecule has 0 aromatic heterocycles. The molecule has 2 fully saturated rings. The van der Waals surface area contributed by atoms with Gasteiger partial charge in [-0.1, -0.05) is 111 Å². The molecule has 288 valence electrons. The van der Waals surface area contributed by atoms with Crippen molar-refractivity contribution in [3.05, 3.63) is 142 Å². The van der Waals surface area contributed by atoms with E-state index in [0.717, 1.165) is 60.1 Å². The number of piperazine rings is 2. The van der Waals surface area contributed by atoms with Crippen LogP contribution in [0.2, 0.25) is 5.02 Å². The van der Waals surface area contributed by atoms with Crippen LogP contribution in [0.15, 0.2) is 109 Å². The first kappa shape index (κ1) is 39.8. The number of anilines is 1. The molecule has 3 amide bonds. The molecule has 4 aromatic rings. The third-order valence-electron chi connectivity index (χ3n) is 10.8. The van der Waals surface area contributed by atoms with Crippen LogP contribution in [-0.4, -0.2) is 95.7 Å². The number of benzene rings is 4. The summed E-state index contributed by atoms with van der Waals surface area (Å²) in [6.45, 7) is 14.8.